The van der Waals surface area contributed by atoms with Crippen LogP contribution in [0.15, 0.2) is 0 Å². The average molecular weight is 372 g/mol. The third-order valence-corrected chi connectivity index (χ3v) is 3.37. The number of nitrogens with one attached hydrogen (secondary N) is 3. The quantitative estimate of drug-likeness (QED) is 0.252. The van der Waals surface area contributed by atoms with E-state index in [0.29, 0.717) is 0 Å². The van der Waals surface area contributed by atoms with Crippen molar-refractivity contribution in [2.75, 3.05) is 7.05 Å². The van der Waals surface area contributed by atoms with Crippen LogP contribution in [0.2, 0.25) is 0 Å². The second kappa shape index (κ2) is 11.1. The molecular formula is C16H28N4O6. The van der Waals surface area contributed by atoms with Gasteiger partial charge in [-0.3, -0.25) is 29.6 Å². The molecule has 0 aliphatic heterocycles. The Kier molecular flexibility index (Phi) is 9.93. The van der Waals surface area contributed by atoms with Crippen molar-refractivity contribution in [3.8, 4) is 0 Å². The van der Waals surface area contributed by atoms with Crippen molar-refractivity contribution in [2.24, 2.45) is 11.8 Å². The summed E-state index contributed by atoms with van der Waals surface area (Å²) in [5.41, 5.74) is 2.22. The molecule has 0 aromatic rings. The van der Waals surface area contributed by atoms with Gasteiger partial charge in [-0.05, 0) is 24.7 Å². The van der Waals surface area contributed by atoms with Gasteiger partial charge in [0.15, 0.2) is 0 Å². The van der Waals surface area contributed by atoms with Crippen LogP contribution in [0.25, 0.3) is 0 Å². The van der Waals surface area contributed by atoms with Crippen molar-refractivity contribution < 1.29 is 29.1 Å². The van der Waals surface area contributed by atoms with Crippen molar-refractivity contribution in [1.29, 1.82) is 0 Å². The predicted molar refractivity (Wildman–Crippen MR) is 92.8 cm³/mol. The highest BCUT2D eigenvalue weighted by Gasteiger charge is 2.28. The fourth-order valence-electron chi connectivity index (χ4n) is 2.20. The molecule has 0 aliphatic rings. The van der Waals surface area contributed by atoms with E-state index in [9.17, 15) is 24.0 Å². The van der Waals surface area contributed by atoms with Gasteiger partial charge in [-0.25, -0.2) is 4.79 Å². The van der Waals surface area contributed by atoms with E-state index in [1.54, 1.807) is 0 Å². The topological polar surface area (TPSA) is 145 Å². The van der Waals surface area contributed by atoms with E-state index < -0.39 is 35.9 Å². The van der Waals surface area contributed by atoms with Gasteiger partial charge < -0.3 is 15.7 Å². The molecule has 0 heterocycles. The molecular weight excluding hydrogens is 344 g/mol. The number of nitrogens with zero attached hydrogens (tertiary/aromatic N) is 1. The summed E-state index contributed by atoms with van der Waals surface area (Å²) in [5.74, 6) is -2.17. The first-order valence-electron chi connectivity index (χ1n) is 8.31. The molecule has 0 saturated carbocycles. The van der Waals surface area contributed by atoms with Gasteiger partial charge in [0.05, 0.1) is 0 Å². The van der Waals surface area contributed by atoms with Gasteiger partial charge in [-0.2, -0.15) is 0 Å². The highest BCUT2D eigenvalue weighted by atomic mass is 16.4. The Morgan fingerprint density at radius 3 is 1.77 bits per heavy atom. The molecule has 148 valence electrons. The normalized spacial score (nSPS) is 12.9. The molecule has 10 nitrogen and oxygen atoms in total. The third kappa shape index (κ3) is 9.00. The van der Waals surface area contributed by atoms with Crippen LogP contribution in [0.1, 0.15) is 40.5 Å². The van der Waals surface area contributed by atoms with Crippen molar-refractivity contribution in [3.63, 3.8) is 0 Å². The molecule has 0 saturated heterocycles. The zero-order valence-corrected chi connectivity index (χ0v) is 15.7. The number of carbonyl (C=O) groups is 5. The van der Waals surface area contributed by atoms with Crippen LogP contribution < -0.4 is 16.1 Å². The molecule has 4 N–H and O–H groups in total. The first-order chi connectivity index (χ1) is 12.0. The minimum Gasteiger partial charge on any atom is -0.465 e. The summed E-state index contributed by atoms with van der Waals surface area (Å²) in [6.45, 7) is 7.35. The van der Waals surface area contributed by atoms with Crippen LogP contribution in [-0.2, 0) is 19.2 Å². The maximum atomic E-state index is 12.4. The lowest BCUT2D eigenvalue weighted by Crippen LogP contribution is -2.57. The minimum absolute atomic E-state index is 0.0362. The second-order valence-electron chi connectivity index (χ2n) is 6.81. The first kappa shape index (κ1) is 23.4. The summed E-state index contributed by atoms with van der Waals surface area (Å²) in [6, 6.07) is -2.00. The molecule has 26 heavy (non-hydrogen) atoms. The maximum absolute atomic E-state index is 12.4. The Bertz CT molecular complexity index is 535. The summed E-state index contributed by atoms with van der Waals surface area (Å²) in [6.07, 6.45) is -0.766. The largest absolute Gasteiger partial charge is 0.465 e. The summed E-state index contributed by atoms with van der Waals surface area (Å²) in [5, 5.41) is 14.3. The molecule has 0 aromatic heterocycles. The monoisotopic (exact) mass is 372 g/mol. The summed E-state index contributed by atoms with van der Waals surface area (Å²) < 4.78 is 0. The Morgan fingerprint density at radius 1 is 0.923 bits per heavy atom. The summed E-state index contributed by atoms with van der Waals surface area (Å²) >= 11 is 0. The lowest BCUT2D eigenvalue weighted by atomic mass is 10.0. The van der Waals surface area contributed by atoms with Crippen molar-refractivity contribution in [2.45, 2.75) is 52.6 Å². The van der Waals surface area contributed by atoms with E-state index >= 15 is 0 Å². The summed E-state index contributed by atoms with van der Waals surface area (Å²) in [4.78, 5) is 57.4. The lowest BCUT2D eigenvalue weighted by molar-refractivity contribution is -0.144. The highest BCUT2D eigenvalue weighted by Crippen LogP contribution is 2.09. The van der Waals surface area contributed by atoms with Gasteiger partial charge in [-0.15, -0.1) is 0 Å². The fourth-order valence-corrected chi connectivity index (χ4v) is 2.20. The number of hydrazine groups is 1. The van der Waals surface area contributed by atoms with Crippen LogP contribution in [0.4, 0.5) is 4.79 Å². The number of hydrogen-bond donors (Lipinski definition) is 4. The number of carbonyl (C=O) groups excluding carboxylic acids is 4. The second-order valence-corrected chi connectivity index (χ2v) is 6.81. The number of amides is 4. The number of likely N-dealkylation sites (N-methyl/N-ethyl adjacent to an activating group) is 1. The van der Waals surface area contributed by atoms with Crippen LogP contribution >= 0.6 is 0 Å². The van der Waals surface area contributed by atoms with Gasteiger partial charge in [0.1, 0.15) is 12.1 Å². The highest BCUT2D eigenvalue weighted by molar-refractivity contribution is 6.23. The van der Waals surface area contributed by atoms with Crippen LogP contribution in [0.5, 0.6) is 0 Å². The molecule has 0 spiro atoms. The molecule has 0 radical (unpaired) electrons. The smallest absolute Gasteiger partial charge is 0.405 e. The van der Waals surface area contributed by atoms with E-state index in [4.69, 9.17) is 5.11 Å². The van der Waals surface area contributed by atoms with Gasteiger partial charge in [0, 0.05) is 7.05 Å². The van der Waals surface area contributed by atoms with Crippen LogP contribution in [0.3, 0.4) is 0 Å². The van der Waals surface area contributed by atoms with Crippen LogP contribution in [-0.4, -0.2) is 59.3 Å². The molecule has 0 rings (SSSR count). The number of carboxylic acid groups (broad SMARTS) is 1. The van der Waals surface area contributed by atoms with Crippen molar-refractivity contribution in [3.05, 3.63) is 0 Å². The third-order valence-electron chi connectivity index (χ3n) is 3.37. The van der Waals surface area contributed by atoms with Gasteiger partial charge in [0.25, 0.3) is 5.91 Å². The molecule has 0 fully saturated rings. The number of rotatable bonds is 9. The molecule has 0 aromatic carbocycles. The average Bonchev–Trinajstić information content (AvgIpc) is 2.51. The molecule has 4 amide bonds. The SMILES string of the molecule is CC(C)CC(NC(=O)O)C(=O)NC(CC(C)C)C(=O)NN(C)C(=O)C=O. The van der Waals surface area contributed by atoms with E-state index in [2.05, 4.69) is 16.1 Å². The van der Waals surface area contributed by atoms with Gasteiger partial charge in [-0.1, -0.05) is 27.7 Å². The van der Waals surface area contributed by atoms with Gasteiger partial charge >= 0.3 is 12.0 Å². The summed E-state index contributed by atoms with van der Waals surface area (Å²) in [7, 11) is 1.20. The maximum Gasteiger partial charge on any atom is 0.405 e. The zero-order chi connectivity index (χ0) is 20.4. The Balaban J connectivity index is 5.18. The Hall–Kier alpha value is -2.65. The first-order valence-corrected chi connectivity index (χ1v) is 8.31. The molecule has 2 atom stereocenters. The Labute approximate surface area is 152 Å². The number of hydrogen-bond acceptors (Lipinski definition) is 5. The molecule has 0 bridgehead atoms. The predicted octanol–water partition coefficient (Wildman–Crippen LogP) is -0.112. The van der Waals surface area contributed by atoms with Gasteiger partial charge in [0.2, 0.25) is 12.2 Å². The fraction of sp³-hybridized carbons (Fsp3) is 0.688. The van der Waals surface area contributed by atoms with E-state index in [1.165, 1.54) is 7.05 Å². The van der Waals surface area contributed by atoms with E-state index in [-0.39, 0.29) is 31.0 Å². The standard InChI is InChI=1S/C16H28N4O6/c1-9(2)6-11(18-16(25)26)14(23)17-12(7-10(3)4)15(24)19-20(5)13(22)8-21/h8-12,18H,6-7H2,1-5H3,(H,17,23)(H,19,24)(H,25,26). The lowest BCUT2D eigenvalue weighted by Gasteiger charge is -2.26. The van der Waals surface area contributed by atoms with E-state index in [1.807, 2.05) is 27.7 Å². The van der Waals surface area contributed by atoms with E-state index in [0.717, 1.165) is 5.01 Å². The van der Waals surface area contributed by atoms with Crippen molar-refractivity contribution >= 4 is 30.1 Å². The Morgan fingerprint density at radius 2 is 1.38 bits per heavy atom. The molecule has 2 unspecified atom stereocenters. The molecule has 10 heteroatoms. The molecule has 0 aliphatic carbocycles. The van der Waals surface area contributed by atoms with Crippen molar-refractivity contribution in [1.82, 2.24) is 21.1 Å². The van der Waals surface area contributed by atoms with Crippen LogP contribution in [0, 0.1) is 11.8 Å². The number of aldehydes is 1. The minimum atomic E-state index is -1.34. The zero-order valence-electron chi connectivity index (χ0n) is 15.7.